The van der Waals surface area contributed by atoms with Crippen LogP contribution in [0.25, 0.3) is 10.8 Å². The highest BCUT2D eigenvalue weighted by Gasteiger charge is 2.40. The van der Waals surface area contributed by atoms with Gasteiger partial charge in [0.15, 0.2) is 0 Å². The third kappa shape index (κ3) is 2.71. The summed E-state index contributed by atoms with van der Waals surface area (Å²) in [5.74, 6) is 0.708. The van der Waals surface area contributed by atoms with E-state index in [2.05, 4.69) is 27.1 Å². The maximum absolute atomic E-state index is 13.4. The number of aromatic nitrogens is 5. The molecule has 30 heavy (non-hydrogen) atoms. The number of imidazole rings is 1. The van der Waals surface area contributed by atoms with Crippen molar-refractivity contribution in [3.05, 3.63) is 71.7 Å². The van der Waals surface area contributed by atoms with Gasteiger partial charge in [-0.1, -0.05) is 31.2 Å². The number of carbonyl (C=O) groups excluding carboxylic acids is 1. The Morgan fingerprint density at radius 3 is 2.83 bits per heavy atom. The average Bonchev–Trinajstić information content (AvgIpc) is 3.29. The van der Waals surface area contributed by atoms with Crippen LogP contribution in [0.1, 0.15) is 71.3 Å². The summed E-state index contributed by atoms with van der Waals surface area (Å²) < 4.78 is 5.72. The Kier molecular flexibility index (Phi) is 3.74. The first-order chi connectivity index (χ1) is 14.7. The number of nitrogens with zero attached hydrogens (tertiary/aromatic N) is 5. The van der Waals surface area contributed by atoms with Crippen molar-refractivity contribution in [3.63, 3.8) is 0 Å². The predicted octanol–water partition coefficient (Wildman–Crippen LogP) is 3.57. The van der Waals surface area contributed by atoms with Crippen LogP contribution in [-0.4, -0.2) is 42.5 Å². The molecule has 1 fully saturated rings. The van der Waals surface area contributed by atoms with Crippen LogP contribution in [0.15, 0.2) is 47.3 Å². The van der Waals surface area contributed by atoms with Crippen molar-refractivity contribution in [2.45, 2.75) is 37.6 Å². The second kappa shape index (κ2) is 6.48. The van der Waals surface area contributed by atoms with Gasteiger partial charge in [0.25, 0.3) is 0 Å². The summed E-state index contributed by atoms with van der Waals surface area (Å²) in [6, 6.07) is 9.69. The van der Waals surface area contributed by atoms with Gasteiger partial charge in [-0.15, -0.1) is 10.2 Å². The molecule has 150 valence electrons. The SMILES string of the molecule is C[C@@H]1CN(C(=O)c2nnc(C3CC3)o2)[C@H](c2cc3ccccc3cn2)c2[nH]cnc21. The predicted molar refractivity (Wildman–Crippen MR) is 108 cm³/mol. The number of rotatable bonds is 3. The summed E-state index contributed by atoms with van der Waals surface area (Å²) in [5.41, 5.74) is 2.62. The molecule has 4 aromatic rings. The fraction of sp³-hybridized carbons (Fsp3) is 0.318. The molecular formula is C22H20N6O2. The van der Waals surface area contributed by atoms with Crippen molar-refractivity contribution < 1.29 is 9.21 Å². The van der Waals surface area contributed by atoms with Gasteiger partial charge in [0, 0.05) is 30.0 Å². The second-order valence-electron chi connectivity index (χ2n) is 8.14. The monoisotopic (exact) mass is 400 g/mol. The van der Waals surface area contributed by atoms with Crippen LogP contribution in [0.5, 0.6) is 0 Å². The van der Waals surface area contributed by atoms with Gasteiger partial charge in [-0.25, -0.2) is 4.98 Å². The Hall–Kier alpha value is -3.55. The summed E-state index contributed by atoms with van der Waals surface area (Å²) in [6.45, 7) is 2.56. The minimum absolute atomic E-state index is 0.0397. The number of nitrogens with one attached hydrogen (secondary N) is 1. The van der Waals surface area contributed by atoms with Crippen LogP contribution in [0.3, 0.4) is 0 Å². The minimum Gasteiger partial charge on any atom is -0.417 e. The number of aromatic amines is 1. The minimum atomic E-state index is -0.396. The van der Waals surface area contributed by atoms with Crippen LogP contribution < -0.4 is 0 Å². The number of amides is 1. The fourth-order valence-electron chi connectivity index (χ4n) is 4.27. The molecule has 8 nitrogen and oxygen atoms in total. The van der Waals surface area contributed by atoms with Gasteiger partial charge >= 0.3 is 11.8 Å². The largest absolute Gasteiger partial charge is 0.417 e. The van der Waals surface area contributed by atoms with Crippen LogP contribution in [0, 0.1) is 0 Å². The van der Waals surface area contributed by atoms with Crippen LogP contribution in [0.4, 0.5) is 0 Å². The summed E-state index contributed by atoms with van der Waals surface area (Å²) in [5, 5.41) is 10.3. The van der Waals surface area contributed by atoms with Gasteiger partial charge in [0.05, 0.1) is 23.4 Å². The zero-order valence-electron chi connectivity index (χ0n) is 16.4. The van der Waals surface area contributed by atoms with Gasteiger partial charge in [-0.05, 0) is 24.3 Å². The molecule has 0 bridgehead atoms. The third-order valence-electron chi connectivity index (χ3n) is 5.97. The molecule has 1 amide bonds. The molecule has 1 N–H and O–H groups in total. The molecule has 8 heteroatoms. The van der Waals surface area contributed by atoms with E-state index in [-0.39, 0.29) is 17.7 Å². The average molecular weight is 400 g/mol. The lowest BCUT2D eigenvalue weighted by Gasteiger charge is -2.36. The van der Waals surface area contributed by atoms with Crippen molar-refractivity contribution in [1.82, 2.24) is 30.0 Å². The molecule has 0 spiro atoms. The third-order valence-corrected chi connectivity index (χ3v) is 5.97. The lowest BCUT2D eigenvalue weighted by atomic mass is 9.92. The molecule has 6 rings (SSSR count). The number of fused-ring (bicyclic) bond motifs is 2. The van der Waals surface area contributed by atoms with Crippen molar-refractivity contribution in [1.29, 1.82) is 0 Å². The zero-order valence-corrected chi connectivity index (χ0v) is 16.4. The topological polar surface area (TPSA) is 101 Å². The highest BCUT2D eigenvalue weighted by Crippen LogP contribution is 2.41. The van der Waals surface area contributed by atoms with E-state index >= 15 is 0 Å². The van der Waals surface area contributed by atoms with Crippen molar-refractivity contribution in [2.75, 3.05) is 6.54 Å². The van der Waals surface area contributed by atoms with Crippen LogP contribution in [0.2, 0.25) is 0 Å². The van der Waals surface area contributed by atoms with Crippen LogP contribution in [-0.2, 0) is 0 Å². The van der Waals surface area contributed by atoms with Gasteiger partial charge in [0.2, 0.25) is 5.89 Å². The number of carbonyl (C=O) groups is 1. The smallest absolute Gasteiger partial charge is 0.312 e. The molecule has 1 aliphatic heterocycles. The standard InChI is InChI=1S/C22H20N6O2/c1-12-10-28(22(29)21-27-26-20(30-21)13-6-7-13)19(18-17(12)24-11-25-18)16-8-14-4-2-3-5-15(14)9-23-16/h2-5,8-9,11-13,19H,6-7,10H2,1H3,(H,24,25)/t12-,19-/m1/s1. The zero-order chi connectivity index (χ0) is 20.2. The van der Waals surface area contributed by atoms with E-state index in [4.69, 9.17) is 9.40 Å². The molecule has 0 radical (unpaired) electrons. The Labute approximate surface area is 172 Å². The highest BCUT2D eigenvalue weighted by atomic mass is 16.4. The molecule has 0 saturated heterocycles. The summed E-state index contributed by atoms with van der Waals surface area (Å²) in [6.07, 6.45) is 5.61. The summed E-state index contributed by atoms with van der Waals surface area (Å²) in [4.78, 5) is 27.7. The lowest BCUT2D eigenvalue weighted by molar-refractivity contribution is 0.0627. The Morgan fingerprint density at radius 2 is 2.00 bits per heavy atom. The van der Waals surface area contributed by atoms with Crippen molar-refractivity contribution in [3.8, 4) is 0 Å². The maximum atomic E-state index is 13.4. The van der Waals surface area contributed by atoms with Gasteiger partial charge in [0.1, 0.15) is 6.04 Å². The second-order valence-corrected chi connectivity index (χ2v) is 8.14. The Balaban J connectivity index is 1.45. The molecule has 1 aromatic carbocycles. The molecule has 2 atom stereocenters. The van der Waals surface area contributed by atoms with E-state index in [1.165, 1.54) is 0 Å². The number of benzene rings is 1. The first-order valence-electron chi connectivity index (χ1n) is 10.2. The normalized spacial score (nSPS) is 21.0. The van der Waals surface area contributed by atoms with E-state index in [1.54, 1.807) is 11.2 Å². The quantitative estimate of drug-likeness (QED) is 0.564. The highest BCUT2D eigenvalue weighted by molar-refractivity contribution is 5.90. The summed E-state index contributed by atoms with van der Waals surface area (Å²) in [7, 11) is 0. The van der Waals surface area contributed by atoms with Gasteiger partial charge in [-0.3, -0.25) is 9.78 Å². The maximum Gasteiger partial charge on any atom is 0.312 e. The Morgan fingerprint density at radius 1 is 1.17 bits per heavy atom. The number of hydrogen-bond donors (Lipinski definition) is 1. The van der Waals surface area contributed by atoms with E-state index < -0.39 is 6.04 Å². The molecule has 0 unspecified atom stereocenters. The van der Waals surface area contributed by atoms with E-state index in [0.717, 1.165) is 40.7 Å². The van der Waals surface area contributed by atoms with Crippen molar-refractivity contribution >= 4 is 16.7 Å². The molecule has 4 heterocycles. The fourth-order valence-corrected chi connectivity index (χ4v) is 4.27. The number of pyridine rings is 1. The molecule has 2 aliphatic rings. The van der Waals surface area contributed by atoms with Gasteiger partial charge in [-0.2, -0.15) is 0 Å². The lowest BCUT2D eigenvalue weighted by Crippen LogP contribution is -2.42. The first kappa shape index (κ1) is 17.3. The van der Waals surface area contributed by atoms with E-state index in [9.17, 15) is 4.79 Å². The molecule has 3 aromatic heterocycles. The Bertz CT molecular complexity index is 1260. The van der Waals surface area contributed by atoms with E-state index in [1.807, 2.05) is 36.5 Å². The first-order valence-corrected chi connectivity index (χ1v) is 10.2. The van der Waals surface area contributed by atoms with Crippen LogP contribution >= 0.6 is 0 Å². The number of hydrogen-bond acceptors (Lipinski definition) is 6. The van der Waals surface area contributed by atoms with Crippen molar-refractivity contribution in [2.24, 2.45) is 0 Å². The summed E-state index contributed by atoms with van der Waals surface area (Å²) >= 11 is 0. The van der Waals surface area contributed by atoms with E-state index in [0.29, 0.717) is 18.4 Å². The molecule has 1 aliphatic carbocycles. The molecule has 1 saturated carbocycles. The van der Waals surface area contributed by atoms with Gasteiger partial charge < -0.3 is 14.3 Å². The number of H-pyrrole nitrogens is 1. The molecular weight excluding hydrogens is 380 g/mol.